The van der Waals surface area contributed by atoms with Crippen LogP contribution < -0.4 is 10.2 Å². The van der Waals surface area contributed by atoms with Crippen molar-refractivity contribution in [1.82, 2.24) is 4.90 Å². The third-order valence-electron chi connectivity index (χ3n) is 4.53. The molecule has 0 unspecified atom stereocenters. The first-order valence-electron chi connectivity index (χ1n) is 8.91. The zero-order valence-corrected chi connectivity index (χ0v) is 15.8. The van der Waals surface area contributed by atoms with Crippen LogP contribution in [0, 0.1) is 5.82 Å². The molecule has 2 aromatic rings. The molecule has 0 radical (unpaired) electrons. The molecule has 1 aliphatic heterocycles. The number of hydrogen-bond donors (Lipinski definition) is 1. The Morgan fingerprint density at radius 1 is 1.08 bits per heavy atom. The van der Waals surface area contributed by atoms with Crippen LogP contribution in [0.25, 0.3) is 0 Å². The number of rotatable bonds is 6. The van der Waals surface area contributed by atoms with Gasteiger partial charge >= 0.3 is 0 Å². The zero-order valence-electron chi connectivity index (χ0n) is 15.0. The van der Waals surface area contributed by atoms with Gasteiger partial charge in [-0.25, -0.2) is 4.39 Å². The van der Waals surface area contributed by atoms with Gasteiger partial charge in [0.25, 0.3) is 0 Å². The summed E-state index contributed by atoms with van der Waals surface area (Å²) in [6.45, 7) is 7.20. The van der Waals surface area contributed by atoms with Gasteiger partial charge in [-0.3, -0.25) is 4.79 Å². The van der Waals surface area contributed by atoms with Crippen molar-refractivity contribution in [3.8, 4) is 0 Å². The maximum atomic E-state index is 13.7. The van der Waals surface area contributed by atoms with Crippen molar-refractivity contribution in [1.29, 1.82) is 0 Å². The third kappa shape index (κ3) is 4.77. The lowest BCUT2D eigenvalue weighted by Gasteiger charge is -2.36. The Morgan fingerprint density at radius 3 is 2.50 bits per heavy atom. The molecule has 1 N–H and O–H groups in total. The first-order chi connectivity index (χ1) is 12.7. The van der Waals surface area contributed by atoms with Crippen molar-refractivity contribution >= 4 is 29.0 Å². The van der Waals surface area contributed by atoms with Gasteiger partial charge in [0.2, 0.25) is 5.91 Å². The molecule has 0 saturated carbocycles. The monoisotopic (exact) mass is 373 g/mol. The molecule has 138 valence electrons. The molecule has 6 heteroatoms. The highest BCUT2D eigenvalue weighted by Crippen LogP contribution is 2.27. The molecule has 1 saturated heterocycles. The summed E-state index contributed by atoms with van der Waals surface area (Å²) in [6, 6.07) is 14.4. The van der Waals surface area contributed by atoms with E-state index in [9.17, 15) is 9.18 Å². The molecular formula is C20H24FN3OS. The highest BCUT2D eigenvalue weighted by molar-refractivity contribution is 8.00. The predicted octanol–water partition coefficient (Wildman–Crippen LogP) is 3.70. The molecular weight excluding hydrogens is 349 g/mol. The van der Waals surface area contributed by atoms with Crippen LogP contribution in [0.2, 0.25) is 0 Å². The van der Waals surface area contributed by atoms with E-state index in [2.05, 4.69) is 22.0 Å². The number of amides is 1. The van der Waals surface area contributed by atoms with Gasteiger partial charge in [0.05, 0.1) is 17.1 Å². The number of benzene rings is 2. The molecule has 1 amide bonds. The van der Waals surface area contributed by atoms with Gasteiger partial charge in [-0.1, -0.05) is 31.2 Å². The predicted molar refractivity (Wildman–Crippen MR) is 107 cm³/mol. The average molecular weight is 373 g/mol. The second-order valence-electron chi connectivity index (χ2n) is 6.21. The minimum atomic E-state index is -0.292. The second kappa shape index (κ2) is 9.05. The molecule has 26 heavy (non-hydrogen) atoms. The van der Waals surface area contributed by atoms with Crippen LogP contribution >= 0.6 is 11.8 Å². The molecule has 4 nitrogen and oxygen atoms in total. The maximum Gasteiger partial charge on any atom is 0.234 e. The van der Waals surface area contributed by atoms with E-state index in [0.717, 1.165) is 44.1 Å². The van der Waals surface area contributed by atoms with E-state index in [1.54, 1.807) is 18.2 Å². The van der Waals surface area contributed by atoms with Crippen molar-refractivity contribution in [2.75, 3.05) is 48.7 Å². The molecule has 0 aromatic heterocycles. The van der Waals surface area contributed by atoms with Gasteiger partial charge in [0.15, 0.2) is 0 Å². The Morgan fingerprint density at radius 2 is 1.77 bits per heavy atom. The Balaban J connectivity index is 1.61. The fourth-order valence-electron chi connectivity index (χ4n) is 3.05. The molecule has 3 rings (SSSR count). The number of thioether (sulfide) groups is 1. The van der Waals surface area contributed by atoms with E-state index < -0.39 is 0 Å². The number of nitrogens with zero attached hydrogens (tertiary/aromatic N) is 2. The van der Waals surface area contributed by atoms with Crippen molar-refractivity contribution in [3.63, 3.8) is 0 Å². The SMILES string of the molecule is CCN1CCN(c2ccccc2NC(=O)CSc2ccccc2F)CC1. The summed E-state index contributed by atoms with van der Waals surface area (Å²) in [5.41, 5.74) is 1.86. The number of anilines is 2. The van der Waals surface area contributed by atoms with Gasteiger partial charge in [0, 0.05) is 31.1 Å². The molecule has 0 bridgehead atoms. The Kier molecular flexibility index (Phi) is 6.52. The number of para-hydroxylation sites is 2. The Labute approximate surface area is 158 Å². The Bertz CT molecular complexity index is 747. The number of nitrogens with one attached hydrogen (secondary N) is 1. The van der Waals surface area contributed by atoms with Crippen molar-refractivity contribution in [3.05, 3.63) is 54.3 Å². The summed E-state index contributed by atoms with van der Waals surface area (Å²) in [5, 5.41) is 2.99. The largest absolute Gasteiger partial charge is 0.367 e. The first kappa shape index (κ1) is 18.7. The van der Waals surface area contributed by atoms with E-state index in [0.29, 0.717) is 4.90 Å². The summed E-state index contributed by atoms with van der Waals surface area (Å²) < 4.78 is 13.7. The van der Waals surface area contributed by atoms with Gasteiger partial charge in [-0.2, -0.15) is 0 Å². The quantitative estimate of drug-likeness (QED) is 0.783. The van der Waals surface area contributed by atoms with Crippen molar-refractivity contribution in [2.45, 2.75) is 11.8 Å². The topological polar surface area (TPSA) is 35.6 Å². The lowest BCUT2D eigenvalue weighted by atomic mass is 10.2. The highest BCUT2D eigenvalue weighted by atomic mass is 32.2. The van der Waals surface area contributed by atoms with Gasteiger partial charge in [-0.05, 0) is 30.8 Å². The van der Waals surface area contributed by atoms with Crippen LogP contribution in [0.4, 0.5) is 15.8 Å². The van der Waals surface area contributed by atoms with E-state index >= 15 is 0 Å². The number of halogens is 1. The molecule has 0 atom stereocenters. The first-order valence-corrected chi connectivity index (χ1v) is 9.89. The van der Waals surface area contributed by atoms with Gasteiger partial charge in [-0.15, -0.1) is 11.8 Å². The lowest BCUT2D eigenvalue weighted by molar-refractivity contribution is -0.113. The average Bonchev–Trinajstić information content (AvgIpc) is 2.68. The Hall–Kier alpha value is -2.05. The standard InChI is InChI=1S/C20H24FN3OS/c1-2-23-11-13-24(14-12-23)18-9-5-4-8-17(18)22-20(25)15-26-19-10-6-3-7-16(19)21/h3-10H,2,11-15H2,1H3,(H,22,25). The number of likely N-dealkylation sites (N-methyl/N-ethyl adjacent to an activating group) is 1. The normalized spacial score (nSPS) is 15.1. The fraction of sp³-hybridized carbons (Fsp3) is 0.350. The van der Waals surface area contributed by atoms with Crippen LogP contribution in [0.3, 0.4) is 0 Å². The van der Waals surface area contributed by atoms with Crippen LogP contribution in [0.5, 0.6) is 0 Å². The van der Waals surface area contributed by atoms with E-state index in [1.807, 2.05) is 24.3 Å². The number of hydrogen-bond acceptors (Lipinski definition) is 4. The minimum Gasteiger partial charge on any atom is -0.367 e. The molecule has 1 aliphatic rings. The summed E-state index contributed by atoms with van der Waals surface area (Å²) >= 11 is 1.21. The molecule has 2 aromatic carbocycles. The maximum absolute atomic E-state index is 13.7. The van der Waals surface area contributed by atoms with Crippen molar-refractivity contribution in [2.24, 2.45) is 0 Å². The summed E-state index contributed by atoms with van der Waals surface area (Å²) in [7, 11) is 0. The molecule has 0 spiro atoms. The van der Waals surface area contributed by atoms with Gasteiger partial charge in [0.1, 0.15) is 5.82 Å². The number of carbonyl (C=O) groups excluding carboxylic acids is 1. The fourth-order valence-corrected chi connectivity index (χ4v) is 3.79. The summed E-state index contributed by atoms with van der Waals surface area (Å²) in [6.07, 6.45) is 0. The molecule has 1 heterocycles. The smallest absolute Gasteiger partial charge is 0.234 e. The van der Waals surface area contributed by atoms with Crippen LogP contribution in [-0.4, -0.2) is 49.3 Å². The van der Waals surface area contributed by atoms with Crippen LogP contribution in [0.15, 0.2) is 53.4 Å². The van der Waals surface area contributed by atoms with E-state index in [4.69, 9.17) is 0 Å². The second-order valence-corrected chi connectivity index (χ2v) is 7.22. The molecule has 0 aliphatic carbocycles. The van der Waals surface area contributed by atoms with Crippen LogP contribution in [-0.2, 0) is 4.79 Å². The van der Waals surface area contributed by atoms with E-state index in [1.165, 1.54) is 17.8 Å². The highest BCUT2D eigenvalue weighted by Gasteiger charge is 2.18. The van der Waals surface area contributed by atoms with Crippen molar-refractivity contribution < 1.29 is 9.18 Å². The number of piperazine rings is 1. The summed E-state index contributed by atoms with van der Waals surface area (Å²) in [4.78, 5) is 17.6. The lowest BCUT2D eigenvalue weighted by Crippen LogP contribution is -2.46. The number of carbonyl (C=O) groups is 1. The minimum absolute atomic E-state index is 0.127. The van der Waals surface area contributed by atoms with E-state index in [-0.39, 0.29) is 17.5 Å². The van der Waals surface area contributed by atoms with Gasteiger partial charge < -0.3 is 15.1 Å². The molecule has 1 fully saturated rings. The van der Waals surface area contributed by atoms with Crippen LogP contribution in [0.1, 0.15) is 6.92 Å². The zero-order chi connectivity index (χ0) is 18.4. The summed E-state index contributed by atoms with van der Waals surface area (Å²) in [5.74, 6) is -0.240. The third-order valence-corrected chi connectivity index (χ3v) is 5.58.